The Labute approximate surface area is 125 Å². The summed E-state index contributed by atoms with van der Waals surface area (Å²) in [6.45, 7) is 1.05. The maximum absolute atomic E-state index is 12.1. The Balaban J connectivity index is 1.85. The van der Waals surface area contributed by atoms with Crippen LogP contribution >= 0.6 is 0 Å². The molecule has 1 aliphatic rings. The van der Waals surface area contributed by atoms with Crippen molar-refractivity contribution in [2.45, 2.75) is 36.6 Å². The number of hydrazine groups is 1. The van der Waals surface area contributed by atoms with E-state index in [-0.39, 0.29) is 10.8 Å². The van der Waals surface area contributed by atoms with Gasteiger partial charge in [-0.1, -0.05) is 12.8 Å². The van der Waals surface area contributed by atoms with Crippen molar-refractivity contribution in [2.75, 3.05) is 25.6 Å². The molecular weight excluding hydrogens is 292 g/mol. The van der Waals surface area contributed by atoms with Crippen LogP contribution in [0, 0.1) is 0 Å². The van der Waals surface area contributed by atoms with Crippen LogP contribution < -0.4 is 16.0 Å². The van der Waals surface area contributed by atoms with Crippen molar-refractivity contribution in [1.82, 2.24) is 19.6 Å². The average molecular weight is 314 g/mol. The van der Waals surface area contributed by atoms with Gasteiger partial charge in [-0.3, -0.25) is 5.43 Å². The van der Waals surface area contributed by atoms with Crippen molar-refractivity contribution in [1.29, 1.82) is 0 Å². The molecule has 0 saturated heterocycles. The minimum Gasteiger partial charge on any atom is -0.302 e. The Bertz CT molecular complexity index is 541. The van der Waals surface area contributed by atoms with E-state index in [1.165, 1.54) is 38.1 Å². The number of sulfonamides is 1. The standard InChI is InChI=1S/C12H22N6O2S/c1-18(10-4-2-3-5-10)7-6-16-21(19,20)11-8-14-12(17-13)15-9-11/h8-10,16H,2-7,13H2,1H3,(H,14,15,17). The van der Waals surface area contributed by atoms with Crippen molar-refractivity contribution in [3.05, 3.63) is 12.4 Å². The van der Waals surface area contributed by atoms with Crippen LogP contribution in [0.25, 0.3) is 0 Å². The summed E-state index contributed by atoms with van der Waals surface area (Å²) < 4.78 is 26.7. The third-order valence-corrected chi connectivity index (χ3v) is 5.19. The summed E-state index contributed by atoms with van der Waals surface area (Å²) in [7, 11) is -1.54. The van der Waals surface area contributed by atoms with E-state index in [0.717, 1.165) is 0 Å². The highest BCUT2D eigenvalue weighted by atomic mass is 32.2. The Hall–Kier alpha value is -1.29. The molecule has 0 aliphatic heterocycles. The molecule has 1 saturated carbocycles. The zero-order valence-corrected chi connectivity index (χ0v) is 12.9. The van der Waals surface area contributed by atoms with Gasteiger partial charge in [-0.15, -0.1) is 0 Å². The Kier molecular flexibility index (Phi) is 5.45. The molecule has 1 aliphatic carbocycles. The van der Waals surface area contributed by atoms with Crippen LogP contribution in [0.15, 0.2) is 17.3 Å². The van der Waals surface area contributed by atoms with Gasteiger partial charge in [-0.25, -0.2) is 29.0 Å². The van der Waals surface area contributed by atoms with Gasteiger partial charge in [0.05, 0.1) is 12.4 Å². The Morgan fingerprint density at radius 2 is 1.95 bits per heavy atom. The maximum Gasteiger partial charge on any atom is 0.243 e. The average Bonchev–Trinajstić information content (AvgIpc) is 3.01. The second-order valence-corrected chi connectivity index (χ2v) is 6.97. The van der Waals surface area contributed by atoms with Gasteiger partial charge in [0.1, 0.15) is 4.90 Å². The van der Waals surface area contributed by atoms with E-state index in [4.69, 9.17) is 5.84 Å². The fraction of sp³-hybridized carbons (Fsp3) is 0.667. The fourth-order valence-corrected chi connectivity index (χ4v) is 3.41. The maximum atomic E-state index is 12.1. The van der Waals surface area contributed by atoms with Crippen LogP contribution in [0.1, 0.15) is 25.7 Å². The predicted octanol–water partition coefficient (Wildman–Crippen LogP) is -0.0851. The monoisotopic (exact) mass is 314 g/mol. The lowest BCUT2D eigenvalue weighted by molar-refractivity contribution is 0.250. The number of likely N-dealkylation sites (N-methyl/N-ethyl adjacent to an activating group) is 1. The predicted molar refractivity (Wildman–Crippen MR) is 79.9 cm³/mol. The lowest BCUT2D eigenvalue weighted by Crippen LogP contribution is -2.37. The summed E-state index contributed by atoms with van der Waals surface area (Å²) in [6, 6.07) is 0.577. The first-order chi connectivity index (χ1) is 10.0. The number of nitrogens with one attached hydrogen (secondary N) is 2. The van der Waals surface area contributed by atoms with Crippen LogP contribution in [-0.4, -0.2) is 49.5 Å². The fourth-order valence-electron chi connectivity index (χ4n) is 2.50. The smallest absolute Gasteiger partial charge is 0.243 e. The molecule has 1 aromatic rings. The lowest BCUT2D eigenvalue weighted by atomic mass is 10.2. The molecule has 0 amide bonds. The van der Waals surface area contributed by atoms with Crippen molar-refractivity contribution in [3.8, 4) is 0 Å². The van der Waals surface area contributed by atoms with Gasteiger partial charge >= 0.3 is 0 Å². The molecule has 1 fully saturated rings. The third-order valence-electron chi connectivity index (χ3n) is 3.77. The van der Waals surface area contributed by atoms with E-state index in [1.807, 2.05) is 7.05 Å². The van der Waals surface area contributed by atoms with Crippen LogP contribution in [0.2, 0.25) is 0 Å². The summed E-state index contributed by atoms with van der Waals surface area (Å²) in [5, 5.41) is 0. The van der Waals surface area contributed by atoms with Crippen molar-refractivity contribution in [2.24, 2.45) is 5.84 Å². The summed E-state index contributed by atoms with van der Waals surface area (Å²) in [5.41, 5.74) is 2.25. The molecule has 2 rings (SSSR count). The van der Waals surface area contributed by atoms with Crippen LogP contribution in [0.4, 0.5) is 5.95 Å². The van der Waals surface area contributed by atoms with E-state index in [2.05, 4.69) is 25.0 Å². The number of rotatable bonds is 7. The second-order valence-electron chi connectivity index (χ2n) is 5.20. The van der Waals surface area contributed by atoms with Crippen molar-refractivity contribution >= 4 is 16.0 Å². The van der Waals surface area contributed by atoms with Gasteiger partial charge in [-0.05, 0) is 19.9 Å². The number of nitrogens with two attached hydrogens (primary N) is 1. The first-order valence-corrected chi connectivity index (χ1v) is 8.50. The molecule has 1 heterocycles. The molecule has 118 valence electrons. The number of aromatic nitrogens is 2. The van der Waals surface area contributed by atoms with E-state index in [1.54, 1.807) is 0 Å². The molecule has 1 aromatic heterocycles. The van der Waals surface area contributed by atoms with Gasteiger partial charge < -0.3 is 4.90 Å². The molecule has 0 unspecified atom stereocenters. The number of anilines is 1. The highest BCUT2D eigenvalue weighted by Gasteiger charge is 2.20. The Morgan fingerprint density at radius 3 is 2.52 bits per heavy atom. The number of nitrogen functional groups attached to an aromatic ring is 1. The number of hydrogen-bond acceptors (Lipinski definition) is 7. The number of nitrogens with zero attached hydrogens (tertiary/aromatic N) is 3. The van der Waals surface area contributed by atoms with Crippen LogP contribution in [0.5, 0.6) is 0 Å². The zero-order chi connectivity index (χ0) is 15.3. The highest BCUT2D eigenvalue weighted by Crippen LogP contribution is 2.21. The second kappa shape index (κ2) is 7.12. The molecule has 0 atom stereocenters. The Morgan fingerprint density at radius 1 is 1.33 bits per heavy atom. The number of hydrogen-bond donors (Lipinski definition) is 3. The van der Waals surface area contributed by atoms with Gasteiger partial charge in [0, 0.05) is 19.1 Å². The summed E-state index contributed by atoms with van der Waals surface area (Å²) in [4.78, 5) is 9.83. The molecule has 0 bridgehead atoms. The molecule has 0 aromatic carbocycles. The first kappa shape index (κ1) is 16.1. The molecule has 9 heteroatoms. The van der Waals surface area contributed by atoms with Gasteiger partial charge in [-0.2, -0.15) is 0 Å². The topological polar surface area (TPSA) is 113 Å². The molecule has 8 nitrogen and oxygen atoms in total. The van der Waals surface area contributed by atoms with Crippen molar-refractivity contribution < 1.29 is 8.42 Å². The van der Waals surface area contributed by atoms with Gasteiger partial charge in [0.15, 0.2) is 0 Å². The zero-order valence-electron chi connectivity index (χ0n) is 12.1. The summed E-state index contributed by atoms with van der Waals surface area (Å²) >= 11 is 0. The van der Waals surface area contributed by atoms with E-state index < -0.39 is 10.0 Å². The van der Waals surface area contributed by atoms with Gasteiger partial charge in [0.2, 0.25) is 16.0 Å². The van der Waals surface area contributed by atoms with E-state index >= 15 is 0 Å². The summed E-state index contributed by atoms with van der Waals surface area (Å²) in [5.74, 6) is 5.31. The van der Waals surface area contributed by atoms with Crippen LogP contribution in [-0.2, 0) is 10.0 Å². The van der Waals surface area contributed by atoms with Crippen LogP contribution in [0.3, 0.4) is 0 Å². The molecular formula is C12H22N6O2S. The molecule has 21 heavy (non-hydrogen) atoms. The molecule has 0 radical (unpaired) electrons. The normalized spacial score (nSPS) is 16.5. The first-order valence-electron chi connectivity index (χ1n) is 7.01. The third kappa shape index (κ3) is 4.34. The van der Waals surface area contributed by atoms with E-state index in [0.29, 0.717) is 19.1 Å². The van der Waals surface area contributed by atoms with Gasteiger partial charge in [0.25, 0.3) is 0 Å². The minimum atomic E-state index is -3.57. The SMILES string of the molecule is CN(CCNS(=O)(=O)c1cnc(NN)nc1)C1CCCC1. The molecule has 0 spiro atoms. The molecule has 4 N–H and O–H groups in total. The minimum absolute atomic E-state index is 0.0324. The summed E-state index contributed by atoms with van der Waals surface area (Å²) in [6.07, 6.45) is 7.38. The largest absolute Gasteiger partial charge is 0.302 e. The van der Waals surface area contributed by atoms with Crippen molar-refractivity contribution in [3.63, 3.8) is 0 Å². The van der Waals surface area contributed by atoms with E-state index in [9.17, 15) is 8.42 Å². The lowest BCUT2D eigenvalue weighted by Gasteiger charge is -2.23. The quantitative estimate of drug-likeness (QED) is 0.476. The highest BCUT2D eigenvalue weighted by molar-refractivity contribution is 7.89.